The van der Waals surface area contributed by atoms with Crippen LogP contribution in [0.3, 0.4) is 0 Å². The molecule has 94 valence electrons. The molecule has 0 bridgehead atoms. The van der Waals surface area contributed by atoms with Gasteiger partial charge >= 0.3 is 0 Å². The standard InChI is InChI=1S/C14H25BrO/c1-13(2)12-14(3,16-4)10-8-6-5-7-9-11-15/h13H,5-7,9,11-12H2,1-4H3. The van der Waals surface area contributed by atoms with E-state index in [2.05, 4.69) is 48.5 Å². The van der Waals surface area contributed by atoms with Crippen LogP contribution in [0.15, 0.2) is 0 Å². The number of hydrogen-bond donors (Lipinski definition) is 0. The van der Waals surface area contributed by atoms with Crippen LogP contribution < -0.4 is 0 Å². The summed E-state index contributed by atoms with van der Waals surface area (Å²) in [5, 5.41) is 1.10. The summed E-state index contributed by atoms with van der Waals surface area (Å²) >= 11 is 3.43. The zero-order valence-electron chi connectivity index (χ0n) is 11.1. The zero-order valence-corrected chi connectivity index (χ0v) is 12.7. The van der Waals surface area contributed by atoms with Crippen LogP contribution >= 0.6 is 15.9 Å². The summed E-state index contributed by atoms with van der Waals surface area (Å²) in [4.78, 5) is 0. The van der Waals surface area contributed by atoms with Crippen LogP contribution in [0.4, 0.5) is 0 Å². The van der Waals surface area contributed by atoms with Gasteiger partial charge < -0.3 is 4.74 Å². The van der Waals surface area contributed by atoms with E-state index in [1.165, 1.54) is 19.3 Å². The third-order valence-electron chi connectivity index (χ3n) is 2.54. The molecule has 0 aliphatic heterocycles. The molecule has 0 aromatic carbocycles. The lowest BCUT2D eigenvalue weighted by atomic mass is 9.94. The van der Waals surface area contributed by atoms with Crippen molar-refractivity contribution < 1.29 is 4.74 Å². The summed E-state index contributed by atoms with van der Waals surface area (Å²) in [6.45, 7) is 6.49. The maximum Gasteiger partial charge on any atom is 0.125 e. The number of rotatable bonds is 7. The first kappa shape index (κ1) is 16.0. The smallest absolute Gasteiger partial charge is 0.125 e. The minimum Gasteiger partial charge on any atom is -0.366 e. The van der Waals surface area contributed by atoms with Gasteiger partial charge in [0.25, 0.3) is 0 Å². The molecule has 0 aliphatic rings. The first-order valence-corrected chi connectivity index (χ1v) is 7.27. The fourth-order valence-electron chi connectivity index (χ4n) is 1.70. The third kappa shape index (κ3) is 8.19. The lowest BCUT2D eigenvalue weighted by molar-refractivity contribution is 0.0395. The Morgan fingerprint density at radius 1 is 1.25 bits per heavy atom. The summed E-state index contributed by atoms with van der Waals surface area (Å²) in [6.07, 6.45) is 5.69. The minimum atomic E-state index is -0.260. The van der Waals surface area contributed by atoms with E-state index in [4.69, 9.17) is 4.74 Å². The van der Waals surface area contributed by atoms with Gasteiger partial charge in [0, 0.05) is 18.9 Å². The van der Waals surface area contributed by atoms with Crippen molar-refractivity contribution in [2.24, 2.45) is 5.92 Å². The van der Waals surface area contributed by atoms with Gasteiger partial charge in [-0.1, -0.05) is 42.1 Å². The molecule has 0 fully saturated rings. The Bertz CT molecular complexity index is 227. The van der Waals surface area contributed by atoms with E-state index in [1.807, 2.05) is 0 Å². The van der Waals surface area contributed by atoms with Gasteiger partial charge in [-0.25, -0.2) is 0 Å². The van der Waals surface area contributed by atoms with Gasteiger partial charge in [-0.15, -0.1) is 5.92 Å². The van der Waals surface area contributed by atoms with Crippen LogP contribution in [0.5, 0.6) is 0 Å². The van der Waals surface area contributed by atoms with Gasteiger partial charge in [-0.2, -0.15) is 0 Å². The van der Waals surface area contributed by atoms with Crippen LogP contribution in [0.2, 0.25) is 0 Å². The van der Waals surface area contributed by atoms with Gasteiger partial charge in [0.1, 0.15) is 5.60 Å². The van der Waals surface area contributed by atoms with Crippen LogP contribution in [-0.2, 0) is 4.74 Å². The second-order valence-corrected chi connectivity index (χ2v) is 5.63. The molecule has 1 unspecified atom stereocenters. The van der Waals surface area contributed by atoms with Gasteiger partial charge in [-0.05, 0) is 32.1 Å². The number of halogens is 1. The van der Waals surface area contributed by atoms with Crippen molar-refractivity contribution in [3.8, 4) is 11.8 Å². The normalized spacial score (nSPS) is 14.4. The van der Waals surface area contributed by atoms with Crippen molar-refractivity contribution in [2.75, 3.05) is 12.4 Å². The van der Waals surface area contributed by atoms with Crippen LogP contribution in [0, 0.1) is 17.8 Å². The first-order chi connectivity index (χ1) is 7.54. The Kier molecular flexibility index (Phi) is 9.07. The molecule has 0 aliphatic carbocycles. The van der Waals surface area contributed by atoms with Gasteiger partial charge in [0.05, 0.1) is 0 Å². The van der Waals surface area contributed by atoms with E-state index in [0.29, 0.717) is 5.92 Å². The summed E-state index contributed by atoms with van der Waals surface area (Å²) in [6, 6.07) is 0. The average molecular weight is 289 g/mol. The molecule has 1 nitrogen and oxygen atoms in total. The lowest BCUT2D eigenvalue weighted by Crippen LogP contribution is -2.27. The van der Waals surface area contributed by atoms with E-state index in [0.717, 1.165) is 18.2 Å². The highest BCUT2D eigenvalue weighted by atomic mass is 79.9. The Morgan fingerprint density at radius 3 is 2.44 bits per heavy atom. The van der Waals surface area contributed by atoms with Crippen molar-refractivity contribution in [1.29, 1.82) is 0 Å². The highest BCUT2D eigenvalue weighted by Crippen LogP contribution is 2.19. The predicted octanol–water partition coefficient (Wildman–Crippen LogP) is 4.40. The maximum atomic E-state index is 5.50. The molecule has 0 radical (unpaired) electrons. The Balaban J connectivity index is 3.95. The molecule has 1 atom stereocenters. The summed E-state index contributed by atoms with van der Waals surface area (Å²) in [5.41, 5.74) is -0.260. The van der Waals surface area contributed by atoms with Crippen molar-refractivity contribution in [3.05, 3.63) is 0 Å². The van der Waals surface area contributed by atoms with Crippen molar-refractivity contribution in [3.63, 3.8) is 0 Å². The summed E-state index contributed by atoms with van der Waals surface area (Å²) in [7, 11) is 1.75. The number of ether oxygens (including phenoxy) is 1. The fraction of sp³-hybridized carbons (Fsp3) is 0.857. The van der Waals surface area contributed by atoms with Crippen molar-refractivity contribution >= 4 is 15.9 Å². The fourth-order valence-corrected chi connectivity index (χ4v) is 2.10. The number of alkyl halides is 1. The van der Waals surface area contributed by atoms with Crippen molar-refractivity contribution in [2.45, 2.75) is 58.5 Å². The molecule has 0 amide bonds. The van der Waals surface area contributed by atoms with Gasteiger partial charge in [0.2, 0.25) is 0 Å². The molecule has 0 aromatic heterocycles. The summed E-state index contributed by atoms with van der Waals surface area (Å²) < 4.78 is 5.50. The lowest BCUT2D eigenvalue weighted by Gasteiger charge is -2.23. The number of methoxy groups -OCH3 is 1. The Morgan fingerprint density at radius 2 is 1.94 bits per heavy atom. The van der Waals surface area contributed by atoms with Gasteiger partial charge in [0.15, 0.2) is 0 Å². The SMILES string of the molecule is COC(C)(C#CCCCCCBr)CC(C)C. The zero-order chi connectivity index (χ0) is 12.4. The largest absolute Gasteiger partial charge is 0.366 e. The quantitative estimate of drug-likeness (QED) is 0.383. The molecule has 0 N–H and O–H groups in total. The van der Waals surface area contributed by atoms with E-state index in [1.54, 1.807) is 7.11 Å². The molecule has 0 aromatic rings. The predicted molar refractivity (Wildman–Crippen MR) is 74.9 cm³/mol. The second kappa shape index (κ2) is 9.07. The topological polar surface area (TPSA) is 9.23 Å². The molecular weight excluding hydrogens is 264 g/mol. The molecule has 0 saturated carbocycles. The second-order valence-electron chi connectivity index (χ2n) is 4.83. The number of hydrogen-bond acceptors (Lipinski definition) is 1. The molecule has 0 saturated heterocycles. The Hall–Kier alpha value is 0. The molecule has 2 heteroatoms. The van der Waals surface area contributed by atoms with E-state index in [-0.39, 0.29) is 5.60 Å². The third-order valence-corrected chi connectivity index (χ3v) is 3.10. The van der Waals surface area contributed by atoms with E-state index in [9.17, 15) is 0 Å². The van der Waals surface area contributed by atoms with Gasteiger partial charge in [-0.3, -0.25) is 0 Å². The minimum absolute atomic E-state index is 0.260. The monoisotopic (exact) mass is 288 g/mol. The van der Waals surface area contributed by atoms with Crippen molar-refractivity contribution in [1.82, 2.24) is 0 Å². The molecule has 0 spiro atoms. The number of unbranched alkanes of at least 4 members (excludes halogenated alkanes) is 3. The van der Waals surface area contributed by atoms with E-state index >= 15 is 0 Å². The molecular formula is C14H25BrO. The van der Waals surface area contributed by atoms with Crippen LogP contribution in [-0.4, -0.2) is 18.0 Å². The first-order valence-electron chi connectivity index (χ1n) is 6.15. The molecule has 0 heterocycles. The maximum absolute atomic E-state index is 5.50. The average Bonchev–Trinajstić information content (AvgIpc) is 2.22. The van der Waals surface area contributed by atoms with Crippen LogP contribution in [0.1, 0.15) is 52.9 Å². The Labute approximate surface area is 109 Å². The van der Waals surface area contributed by atoms with E-state index < -0.39 is 0 Å². The molecule has 0 rings (SSSR count). The van der Waals surface area contributed by atoms with Crippen LogP contribution in [0.25, 0.3) is 0 Å². The molecule has 16 heavy (non-hydrogen) atoms. The highest BCUT2D eigenvalue weighted by Gasteiger charge is 2.21. The summed E-state index contributed by atoms with van der Waals surface area (Å²) in [5.74, 6) is 7.14. The highest BCUT2D eigenvalue weighted by molar-refractivity contribution is 9.09.